The van der Waals surface area contributed by atoms with Crippen LogP contribution in [0.25, 0.3) is 0 Å². The van der Waals surface area contributed by atoms with E-state index in [9.17, 15) is 53.8 Å². The number of halogens is 10. The average molecular weight is 548 g/mol. The largest absolute Gasteiger partial charge is 0.428 e. The number of nitrogens with one attached hydrogen (secondary N) is 2. The van der Waals surface area contributed by atoms with Crippen LogP contribution in [0.4, 0.5) is 43.9 Å². The summed E-state index contributed by atoms with van der Waals surface area (Å²) in [4.78, 5) is 12.9. The summed E-state index contributed by atoms with van der Waals surface area (Å²) in [5.74, 6) is -3.43. The van der Waals surface area contributed by atoms with Gasteiger partial charge in [0, 0.05) is 6.04 Å². The van der Waals surface area contributed by atoms with Crippen molar-refractivity contribution in [2.75, 3.05) is 0 Å². The molecule has 0 aromatic heterocycles. The second-order valence-corrected chi connectivity index (χ2v) is 8.54. The molecule has 2 aromatic carbocycles. The van der Waals surface area contributed by atoms with Crippen molar-refractivity contribution in [2.24, 2.45) is 0 Å². The van der Waals surface area contributed by atoms with Gasteiger partial charge in [-0.1, -0.05) is 44.2 Å². The van der Waals surface area contributed by atoms with Crippen molar-refractivity contribution in [3.63, 3.8) is 0 Å². The maximum absolute atomic E-state index is 14.1. The predicted octanol–water partition coefficient (Wildman–Crippen LogP) is 5.47. The van der Waals surface area contributed by atoms with Crippen LogP contribution in [-0.4, -0.2) is 41.1 Å². The molecule has 1 amide bonds. The summed E-state index contributed by atoms with van der Waals surface area (Å²) in [6.07, 6.45) is -18.2. The van der Waals surface area contributed by atoms with Crippen molar-refractivity contribution < 1.29 is 53.8 Å². The van der Waals surface area contributed by atoms with Crippen LogP contribution in [0, 0.1) is 5.82 Å². The molecule has 0 bridgehead atoms. The molecule has 0 heterocycles. The van der Waals surface area contributed by atoms with E-state index in [1.54, 1.807) is 11.4 Å². The lowest BCUT2D eigenvalue weighted by Gasteiger charge is -2.39. The van der Waals surface area contributed by atoms with Gasteiger partial charge in [-0.3, -0.25) is 4.79 Å². The van der Waals surface area contributed by atoms with E-state index in [1.165, 1.54) is 24.3 Å². The predicted molar refractivity (Wildman–Crippen MR) is 112 cm³/mol. The SMILES string of the molecule is CC(C)NC(C(=O)N[C@H](Cc1ccccc1)c1cc(F)cc(C(F)(F)F)c1)C(O)(C(F)(F)F)C(F)(F)F. The maximum Gasteiger partial charge on any atom is 0.428 e. The summed E-state index contributed by atoms with van der Waals surface area (Å²) < 4.78 is 135. The van der Waals surface area contributed by atoms with Crippen molar-refractivity contribution >= 4 is 5.91 Å². The fraction of sp³-hybridized carbons (Fsp3) is 0.435. The van der Waals surface area contributed by atoms with E-state index in [2.05, 4.69) is 0 Å². The third-order valence-electron chi connectivity index (χ3n) is 5.29. The minimum atomic E-state index is -6.38. The third-order valence-corrected chi connectivity index (χ3v) is 5.29. The van der Waals surface area contributed by atoms with Crippen LogP contribution >= 0.6 is 0 Å². The molecule has 0 saturated heterocycles. The normalized spacial score (nSPS) is 15.0. The van der Waals surface area contributed by atoms with Crippen LogP contribution < -0.4 is 10.6 Å². The number of benzene rings is 2. The van der Waals surface area contributed by atoms with Crippen molar-refractivity contribution in [3.8, 4) is 0 Å². The van der Waals surface area contributed by atoms with Crippen LogP contribution in [0.5, 0.6) is 0 Å². The van der Waals surface area contributed by atoms with Crippen molar-refractivity contribution in [1.82, 2.24) is 10.6 Å². The molecular weight excluding hydrogens is 526 g/mol. The van der Waals surface area contributed by atoms with Crippen LogP contribution in [0.3, 0.4) is 0 Å². The highest BCUT2D eigenvalue weighted by molar-refractivity contribution is 5.84. The number of carbonyl (C=O) groups is 1. The molecule has 206 valence electrons. The first-order chi connectivity index (χ1) is 16.8. The van der Waals surface area contributed by atoms with Crippen molar-refractivity contribution in [1.29, 1.82) is 0 Å². The Labute approximate surface area is 204 Å². The molecular formula is C23H22F10N2O2. The summed E-state index contributed by atoms with van der Waals surface area (Å²) in [5, 5.41) is 13.4. The van der Waals surface area contributed by atoms with Gasteiger partial charge < -0.3 is 15.7 Å². The molecule has 2 atom stereocenters. The zero-order chi connectivity index (χ0) is 28.4. The number of alkyl halides is 9. The number of amides is 1. The van der Waals surface area contributed by atoms with E-state index in [0.717, 1.165) is 13.8 Å². The highest BCUT2D eigenvalue weighted by atomic mass is 19.4. The molecule has 37 heavy (non-hydrogen) atoms. The highest BCUT2D eigenvalue weighted by Gasteiger charge is 2.75. The Morgan fingerprint density at radius 1 is 0.892 bits per heavy atom. The van der Waals surface area contributed by atoms with E-state index in [-0.39, 0.29) is 6.07 Å². The molecule has 0 aliphatic heterocycles. The fourth-order valence-electron chi connectivity index (χ4n) is 3.54. The first-order valence-corrected chi connectivity index (χ1v) is 10.6. The fourth-order valence-corrected chi connectivity index (χ4v) is 3.54. The molecule has 0 saturated carbocycles. The highest BCUT2D eigenvalue weighted by Crippen LogP contribution is 2.45. The third kappa shape index (κ3) is 7.12. The summed E-state index contributed by atoms with van der Waals surface area (Å²) in [7, 11) is 0. The topological polar surface area (TPSA) is 61.4 Å². The van der Waals surface area contributed by atoms with Crippen LogP contribution in [-0.2, 0) is 17.4 Å². The van der Waals surface area contributed by atoms with E-state index in [4.69, 9.17) is 0 Å². The van der Waals surface area contributed by atoms with Gasteiger partial charge in [-0.05, 0) is 35.7 Å². The Kier molecular flexibility index (Phi) is 8.91. The molecule has 2 rings (SSSR count). The number of hydrogen-bond donors (Lipinski definition) is 3. The smallest absolute Gasteiger partial charge is 0.372 e. The zero-order valence-corrected chi connectivity index (χ0v) is 19.2. The molecule has 1 unspecified atom stereocenters. The standard InChI is InChI=1S/C23H22F10N2O2/c1-12(2)34-18(20(37,22(28,29)30)23(31,32)33)19(36)35-17(8-13-6-4-3-5-7-13)14-9-15(21(25,26)27)11-16(24)10-14/h3-7,9-12,17-18,34,37H,8H2,1-2H3,(H,35,36)/t17-,18?/m1/s1. The van der Waals surface area contributed by atoms with E-state index < -0.39 is 71.5 Å². The van der Waals surface area contributed by atoms with Gasteiger partial charge in [0.1, 0.15) is 11.9 Å². The van der Waals surface area contributed by atoms with Gasteiger partial charge in [0.05, 0.1) is 11.6 Å². The first kappa shape index (κ1) is 30.4. The van der Waals surface area contributed by atoms with Crippen LogP contribution in [0.15, 0.2) is 48.5 Å². The Balaban J connectivity index is 2.62. The molecule has 0 spiro atoms. The Morgan fingerprint density at radius 3 is 1.89 bits per heavy atom. The number of aliphatic hydroxyl groups is 1. The lowest BCUT2D eigenvalue weighted by molar-refractivity contribution is -0.373. The minimum absolute atomic E-state index is 0.139. The van der Waals surface area contributed by atoms with Gasteiger partial charge in [0.15, 0.2) is 0 Å². The maximum atomic E-state index is 14.1. The molecule has 0 aliphatic rings. The summed E-state index contributed by atoms with van der Waals surface area (Å²) in [6.45, 7) is 2.22. The minimum Gasteiger partial charge on any atom is -0.372 e. The zero-order valence-electron chi connectivity index (χ0n) is 19.2. The first-order valence-electron chi connectivity index (χ1n) is 10.6. The molecule has 0 aliphatic carbocycles. The van der Waals surface area contributed by atoms with Crippen molar-refractivity contribution in [2.45, 2.75) is 62.5 Å². The second kappa shape index (κ2) is 10.9. The quantitative estimate of drug-likeness (QED) is 0.384. The Hall–Kier alpha value is -2.87. The summed E-state index contributed by atoms with van der Waals surface area (Å²) in [6, 6.07) is 2.22. The van der Waals surface area contributed by atoms with Crippen molar-refractivity contribution in [3.05, 3.63) is 71.0 Å². The van der Waals surface area contributed by atoms with Crippen LogP contribution in [0.2, 0.25) is 0 Å². The summed E-state index contributed by atoms with van der Waals surface area (Å²) in [5.41, 5.74) is -7.32. The average Bonchev–Trinajstić information content (AvgIpc) is 2.74. The van der Waals surface area contributed by atoms with Gasteiger partial charge in [0.2, 0.25) is 5.91 Å². The molecule has 3 N–H and O–H groups in total. The van der Waals surface area contributed by atoms with E-state index in [1.807, 2.05) is 5.32 Å². The molecule has 0 fully saturated rings. The van der Waals surface area contributed by atoms with Gasteiger partial charge in [-0.2, -0.15) is 39.5 Å². The van der Waals surface area contributed by atoms with Gasteiger partial charge >= 0.3 is 18.5 Å². The number of carbonyl (C=O) groups excluding carboxylic acids is 1. The van der Waals surface area contributed by atoms with Gasteiger partial charge in [-0.25, -0.2) is 4.39 Å². The van der Waals surface area contributed by atoms with E-state index in [0.29, 0.717) is 17.7 Å². The number of rotatable bonds is 8. The molecule has 4 nitrogen and oxygen atoms in total. The summed E-state index contributed by atoms with van der Waals surface area (Å²) >= 11 is 0. The van der Waals surface area contributed by atoms with E-state index >= 15 is 0 Å². The second-order valence-electron chi connectivity index (χ2n) is 8.54. The van der Waals surface area contributed by atoms with Crippen LogP contribution in [0.1, 0.15) is 36.6 Å². The molecule has 2 aromatic rings. The Bertz CT molecular complexity index is 1050. The monoisotopic (exact) mass is 548 g/mol. The van der Waals surface area contributed by atoms with Gasteiger partial charge in [0.25, 0.3) is 5.60 Å². The Morgan fingerprint density at radius 2 is 1.43 bits per heavy atom. The lowest BCUT2D eigenvalue weighted by atomic mass is 9.89. The van der Waals surface area contributed by atoms with Gasteiger partial charge in [-0.15, -0.1) is 0 Å². The molecule has 0 radical (unpaired) electrons. The molecule has 14 heteroatoms. The number of hydrogen-bond acceptors (Lipinski definition) is 3. The lowest BCUT2D eigenvalue weighted by Crippen LogP contribution is -2.72.